The number of halogens is 1. The number of fused-ring (bicyclic) bond motifs is 1. The van der Waals surface area contributed by atoms with Crippen LogP contribution in [0.3, 0.4) is 0 Å². The number of nitrogens with one attached hydrogen (secondary N) is 1. The van der Waals surface area contributed by atoms with Gasteiger partial charge in [0.1, 0.15) is 5.82 Å². The van der Waals surface area contributed by atoms with E-state index in [0.717, 1.165) is 5.39 Å². The predicted octanol–water partition coefficient (Wildman–Crippen LogP) is 3.37. The van der Waals surface area contributed by atoms with Gasteiger partial charge in [0, 0.05) is 24.5 Å². The lowest BCUT2D eigenvalue weighted by Gasteiger charge is -2.17. The van der Waals surface area contributed by atoms with Crippen LogP contribution < -0.4 is 10.2 Å². The molecule has 1 saturated heterocycles. The van der Waals surface area contributed by atoms with E-state index in [4.69, 9.17) is 0 Å². The molecule has 130 valence electrons. The summed E-state index contributed by atoms with van der Waals surface area (Å²) in [6, 6.07) is 15.4. The Bertz CT molecular complexity index is 1000. The molecule has 0 bridgehead atoms. The molecule has 0 aliphatic carbocycles. The van der Waals surface area contributed by atoms with Crippen LogP contribution in [0.1, 0.15) is 6.42 Å². The van der Waals surface area contributed by atoms with Crippen molar-refractivity contribution in [2.75, 3.05) is 16.8 Å². The Morgan fingerprint density at radius 2 is 1.92 bits per heavy atom. The molecule has 2 aromatic carbocycles. The lowest BCUT2D eigenvalue weighted by molar-refractivity contribution is -0.122. The van der Waals surface area contributed by atoms with Gasteiger partial charge < -0.3 is 10.2 Å². The minimum atomic E-state index is -0.541. The van der Waals surface area contributed by atoms with Gasteiger partial charge in [0.05, 0.1) is 22.8 Å². The number of hydrogen-bond acceptors (Lipinski definition) is 3. The topological polar surface area (TPSA) is 62.3 Å². The molecular formula is C20H16FN3O2. The summed E-state index contributed by atoms with van der Waals surface area (Å²) in [6.07, 6.45) is 1.72. The largest absolute Gasteiger partial charge is 0.324 e. The van der Waals surface area contributed by atoms with Gasteiger partial charge in [-0.1, -0.05) is 30.3 Å². The average Bonchev–Trinajstić information content (AvgIpc) is 3.04. The first-order chi connectivity index (χ1) is 12.6. The highest BCUT2D eigenvalue weighted by Crippen LogP contribution is 2.29. The summed E-state index contributed by atoms with van der Waals surface area (Å²) in [5.74, 6) is -1.54. The van der Waals surface area contributed by atoms with Crippen LogP contribution in [0, 0.1) is 11.7 Å². The van der Waals surface area contributed by atoms with Crippen LogP contribution in [0.4, 0.5) is 15.8 Å². The molecule has 3 aromatic rings. The van der Waals surface area contributed by atoms with Gasteiger partial charge in [0.15, 0.2) is 0 Å². The van der Waals surface area contributed by atoms with Crippen LogP contribution in [0.2, 0.25) is 0 Å². The van der Waals surface area contributed by atoms with E-state index in [1.807, 2.05) is 24.3 Å². The lowest BCUT2D eigenvalue weighted by atomic mass is 10.1. The van der Waals surface area contributed by atoms with Gasteiger partial charge >= 0.3 is 0 Å². The average molecular weight is 349 g/mol. The highest BCUT2D eigenvalue weighted by Gasteiger charge is 2.36. The zero-order chi connectivity index (χ0) is 18.1. The van der Waals surface area contributed by atoms with E-state index >= 15 is 0 Å². The number of aromatic nitrogens is 1. The van der Waals surface area contributed by atoms with Gasteiger partial charge in [-0.25, -0.2) is 4.39 Å². The number of hydrogen-bond donors (Lipinski definition) is 1. The van der Waals surface area contributed by atoms with Crippen LogP contribution in [0.25, 0.3) is 10.9 Å². The highest BCUT2D eigenvalue weighted by atomic mass is 19.1. The third-order valence-corrected chi connectivity index (χ3v) is 4.53. The number of anilines is 2. The molecular weight excluding hydrogens is 333 g/mol. The van der Waals surface area contributed by atoms with E-state index in [1.165, 1.54) is 11.0 Å². The molecule has 1 aromatic heterocycles. The monoisotopic (exact) mass is 349 g/mol. The third-order valence-electron chi connectivity index (χ3n) is 4.53. The fourth-order valence-electron chi connectivity index (χ4n) is 3.23. The van der Waals surface area contributed by atoms with Gasteiger partial charge in [-0.2, -0.15) is 0 Å². The number of benzene rings is 2. The molecule has 1 N–H and O–H groups in total. The SMILES string of the molecule is O=C(Nc1cccc2cccnc12)C1CC(=O)N(c2ccccc2F)C1. The molecule has 0 saturated carbocycles. The zero-order valence-electron chi connectivity index (χ0n) is 13.9. The smallest absolute Gasteiger partial charge is 0.229 e. The van der Waals surface area contributed by atoms with Crippen molar-refractivity contribution in [3.63, 3.8) is 0 Å². The summed E-state index contributed by atoms with van der Waals surface area (Å²) in [7, 11) is 0. The molecule has 0 spiro atoms. The standard InChI is InChI=1S/C20H16FN3O2/c21-15-7-1-2-9-17(15)24-12-14(11-18(24)25)20(26)23-16-8-3-5-13-6-4-10-22-19(13)16/h1-10,14H,11-12H2,(H,23,26). The van der Waals surface area contributed by atoms with Crippen molar-refractivity contribution in [1.82, 2.24) is 4.98 Å². The summed E-state index contributed by atoms with van der Waals surface area (Å²) in [6.45, 7) is 0.157. The van der Waals surface area contributed by atoms with Gasteiger partial charge in [-0.05, 0) is 24.3 Å². The number of pyridine rings is 1. The van der Waals surface area contributed by atoms with Crippen LogP contribution in [0.15, 0.2) is 60.8 Å². The first-order valence-corrected chi connectivity index (χ1v) is 8.33. The van der Waals surface area contributed by atoms with Crippen molar-refractivity contribution in [2.24, 2.45) is 5.92 Å². The Balaban J connectivity index is 1.54. The Morgan fingerprint density at radius 1 is 1.12 bits per heavy atom. The van der Waals surface area contributed by atoms with Crippen LogP contribution in [-0.4, -0.2) is 23.3 Å². The number of carbonyl (C=O) groups is 2. The second kappa shape index (κ2) is 6.55. The molecule has 1 atom stereocenters. The summed E-state index contributed by atoms with van der Waals surface area (Å²) >= 11 is 0. The first-order valence-electron chi connectivity index (χ1n) is 8.33. The number of rotatable bonds is 3. The minimum Gasteiger partial charge on any atom is -0.324 e. The summed E-state index contributed by atoms with van der Waals surface area (Å²) in [5, 5.41) is 3.78. The normalized spacial score (nSPS) is 16.9. The van der Waals surface area contributed by atoms with Crippen molar-refractivity contribution in [3.8, 4) is 0 Å². The first kappa shape index (κ1) is 16.2. The molecule has 1 fully saturated rings. The van der Waals surface area contributed by atoms with E-state index in [1.54, 1.807) is 30.5 Å². The van der Waals surface area contributed by atoms with E-state index < -0.39 is 11.7 Å². The molecule has 2 heterocycles. The van der Waals surface area contributed by atoms with Gasteiger partial charge in [-0.3, -0.25) is 14.6 Å². The second-order valence-corrected chi connectivity index (χ2v) is 6.23. The Morgan fingerprint density at radius 3 is 2.77 bits per heavy atom. The van der Waals surface area contributed by atoms with Gasteiger partial charge in [0.2, 0.25) is 11.8 Å². The number of carbonyl (C=O) groups excluding carboxylic acids is 2. The van der Waals surface area contributed by atoms with E-state index in [9.17, 15) is 14.0 Å². The fourth-order valence-corrected chi connectivity index (χ4v) is 3.23. The fraction of sp³-hybridized carbons (Fsp3) is 0.150. The van der Waals surface area contributed by atoms with E-state index in [0.29, 0.717) is 11.2 Å². The summed E-state index contributed by atoms with van der Waals surface area (Å²) in [4.78, 5) is 30.6. The van der Waals surface area contributed by atoms with Crippen molar-refractivity contribution in [1.29, 1.82) is 0 Å². The van der Waals surface area contributed by atoms with Crippen molar-refractivity contribution >= 4 is 34.1 Å². The lowest BCUT2D eigenvalue weighted by Crippen LogP contribution is -2.28. The number of nitrogens with zero attached hydrogens (tertiary/aromatic N) is 2. The molecule has 1 aliphatic rings. The molecule has 4 rings (SSSR count). The third kappa shape index (κ3) is 2.90. The minimum absolute atomic E-state index is 0.0539. The predicted molar refractivity (Wildman–Crippen MR) is 97.2 cm³/mol. The summed E-state index contributed by atoms with van der Waals surface area (Å²) in [5.41, 5.74) is 1.50. The molecule has 0 radical (unpaired) electrons. The molecule has 2 amide bonds. The maximum Gasteiger partial charge on any atom is 0.229 e. The maximum absolute atomic E-state index is 14.0. The van der Waals surface area contributed by atoms with Crippen molar-refractivity contribution < 1.29 is 14.0 Å². The Labute approximate surface area is 149 Å². The van der Waals surface area contributed by atoms with E-state index in [-0.39, 0.29) is 30.5 Å². The van der Waals surface area contributed by atoms with Crippen molar-refractivity contribution in [3.05, 3.63) is 66.6 Å². The molecule has 6 heteroatoms. The molecule has 26 heavy (non-hydrogen) atoms. The van der Waals surface area contributed by atoms with Gasteiger partial charge in [0.25, 0.3) is 0 Å². The zero-order valence-corrected chi connectivity index (χ0v) is 13.9. The van der Waals surface area contributed by atoms with Crippen molar-refractivity contribution in [2.45, 2.75) is 6.42 Å². The molecule has 5 nitrogen and oxygen atoms in total. The van der Waals surface area contributed by atoms with Crippen LogP contribution >= 0.6 is 0 Å². The quantitative estimate of drug-likeness (QED) is 0.789. The van der Waals surface area contributed by atoms with E-state index in [2.05, 4.69) is 10.3 Å². The number of amides is 2. The Kier molecular flexibility index (Phi) is 4.08. The summed E-state index contributed by atoms with van der Waals surface area (Å²) < 4.78 is 14.0. The number of para-hydroxylation sites is 2. The van der Waals surface area contributed by atoms with Crippen LogP contribution in [0.5, 0.6) is 0 Å². The molecule has 1 unspecified atom stereocenters. The molecule has 1 aliphatic heterocycles. The maximum atomic E-state index is 14.0. The highest BCUT2D eigenvalue weighted by molar-refractivity contribution is 6.06. The van der Waals surface area contributed by atoms with Gasteiger partial charge in [-0.15, -0.1) is 0 Å². The van der Waals surface area contributed by atoms with Crippen LogP contribution in [-0.2, 0) is 9.59 Å². The second-order valence-electron chi connectivity index (χ2n) is 6.23. The Hall–Kier alpha value is -3.28.